The third-order valence-electron chi connectivity index (χ3n) is 3.97. The van der Waals surface area contributed by atoms with Crippen molar-refractivity contribution in [1.82, 2.24) is 5.32 Å². The number of hydrogen-bond donors (Lipinski definition) is 1. The van der Waals surface area contributed by atoms with Crippen molar-refractivity contribution in [3.05, 3.63) is 71.3 Å². The van der Waals surface area contributed by atoms with Crippen molar-refractivity contribution in [2.24, 2.45) is 0 Å². The van der Waals surface area contributed by atoms with Crippen LogP contribution in [0.4, 0.5) is 8.78 Å². The summed E-state index contributed by atoms with van der Waals surface area (Å²) >= 11 is 0. The highest BCUT2D eigenvalue weighted by Crippen LogP contribution is 2.38. The average Bonchev–Trinajstić information content (AvgIpc) is 2.39. The highest BCUT2D eigenvalue weighted by atomic mass is 19.1. The summed E-state index contributed by atoms with van der Waals surface area (Å²) in [4.78, 5) is 0. The van der Waals surface area contributed by atoms with Crippen molar-refractivity contribution in [1.29, 1.82) is 0 Å². The first-order valence-corrected chi connectivity index (χ1v) is 6.94. The Morgan fingerprint density at radius 1 is 1.00 bits per heavy atom. The lowest BCUT2D eigenvalue weighted by Gasteiger charge is -2.36. The van der Waals surface area contributed by atoms with Gasteiger partial charge < -0.3 is 5.32 Å². The third-order valence-corrected chi connectivity index (χ3v) is 3.97. The standard InChI is InChI=1S/C17H17F2N/c18-14-5-3-4-12(8-14)11-20-15-9-13(10-15)16-6-1-2-7-17(16)19/h1-8,13,15,20H,9-11H2. The van der Waals surface area contributed by atoms with Crippen molar-refractivity contribution in [2.45, 2.75) is 31.3 Å². The summed E-state index contributed by atoms with van der Waals surface area (Å²) in [5.41, 5.74) is 1.76. The van der Waals surface area contributed by atoms with Crippen LogP contribution in [0.15, 0.2) is 48.5 Å². The number of benzene rings is 2. The molecular weight excluding hydrogens is 256 g/mol. The first kappa shape index (κ1) is 13.3. The lowest BCUT2D eigenvalue weighted by atomic mass is 9.75. The molecule has 3 heteroatoms. The molecule has 2 aromatic carbocycles. The molecule has 0 saturated heterocycles. The predicted octanol–water partition coefficient (Wildman–Crippen LogP) is 4.00. The van der Waals surface area contributed by atoms with Gasteiger partial charge in [-0.05, 0) is 48.1 Å². The van der Waals surface area contributed by atoms with Crippen LogP contribution in [-0.4, -0.2) is 6.04 Å². The monoisotopic (exact) mass is 273 g/mol. The summed E-state index contributed by atoms with van der Waals surface area (Å²) in [5, 5.41) is 3.39. The zero-order valence-corrected chi connectivity index (χ0v) is 11.2. The summed E-state index contributed by atoms with van der Waals surface area (Å²) in [6, 6.07) is 14.0. The van der Waals surface area contributed by atoms with E-state index >= 15 is 0 Å². The quantitative estimate of drug-likeness (QED) is 0.887. The van der Waals surface area contributed by atoms with Crippen molar-refractivity contribution in [2.75, 3.05) is 0 Å². The van der Waals surface area contributed by atoms with Gasteiger partial charge in [-0.2, -0.15) is 0 Å². The Bertz CT molecular complexity index is 591. The van der Waals surface area contributed by atoms with Crippen LogP contribution < -0.4 is 5.32 Å². The molecule has 1 fully saturated rings. The van der Waals surface area contributed by atoms with E-state index in [1.165, 1.54) is 12.1 Å². The van der Waals surface area contributed by atoms with Gasteiger partial charge in [-0.3, -0.25) is 0 Å². The summed E-state index contributed by atoms with van der Waals surface area (Å²) in [6.45, 7) is 0.659. The molecule has 0 unspecified atom stereocenters. The third kappa shape index (κ3) is 2.88. The van der Waals surface area contributed by atoms with Gasteiger partial charge in [0, 0.05) is 12.6 Å². The zero-order chi connectivity index (χ0) is 13.9. The van der Waals surface area contributed by atoms with Crippen molar-refractivity contribution in [3.8, 4) is 0 Å². The van der Waals surface area contributed by atoms with E-state index in [0.717, 1.165) is 24.0 Å². The van der Waals surface area contributed by atoms with Crippen LogP contribution in [0.25, 0.3) is 0 Å². The first-order chi connectivity index (χ1) is 9.72. The molecule has 0 atom stereocenters. The number of halogens is 2. The fourth-order valence-corrected chi connectivity index (χ4v) is 2.75. The SMILES string of the molecule is Fc1cccc(CNC2CC(c3ccccc3F)C2)c1. The Morgan fingerprint density at radius 3 is 2.55 bits per heavy atom. The Balaban J connectivity index is 1.50. The van der Waals surface area contributed by atoms with Crippen molar-refractivity contribution >= 4 is 0 Å². The normalized spacial score (nSPS) is 21.5. The molecule has 1 N–H and O–H groups in total. The molecular formula is C17H17F2N. The molecule has 1 nitrogen and oxygen atoms in total. The van der Waals surface area contributed by atoms with Gasteiger partial charge in [0.05, 0.1) is 0 Å². The molecule has 1 aliphatic carbocycles. The zero-order valence-electron chi connectivity index (χ0n) is 11.2. The average molecular weight is 273 g/mol. The van der Waals surface area contributed by atoms with E-state index in [1.54, 1.807) is 18.2 Å². The van der Waals surface area contributed by atoms with Crippen molar-refractivity contribution < 1.29 is 8.78 Å². The fourth-order valence-electron chi connectivity index (χ4n) is 2.75. The Hall–Kier alpha value is -1.74. The van der Waals surface area contributed by atoms with Crippen LogP contribution in [0.1, 0.15) is 29.9 Å². The van der Waals surface area contributed by atoms with Gasteiger partial charge in [0.25, 0.3) is 0 Å². The second kappa shape index (κ2) is 5.71. The van der Waals surface area contributed by atoms with Crippen LogP contribution in [0.3, 0.4) is 0 Å². The molecule has 20 heavy (non-hydrogen) atoms. The minimum absolute atomic E-state index is 0.110. The second-order valence-corrected chi connectivity index (χ2v) is 5.40. The predicted molar refractivity (Wildman–Crippen MR) is 75.4 cm³/mol. The Morgan fingerprint density at radius 2 is 1.80 bits per heavy atom. The van der Waals surface area contributed by atoms with Gasteiger partial charge in [0.15, 0.2) is 0 Å². The highest BCUT2D eigenvalue weighted by Gasteiger charge is 2.31. The first-order valence-electron chi connectivity index (χ1n) is 6.94. The number of rotatable bonds is 4. The number of nitrogens with one attached hydrogen (secondary N) is 1. The molecule has 0 spiro atoms. The van der Waals surface area contributed by atoms with Crippen LogP contribution in [0.2, 0.25) is 0 Å². The molecule has 0 bridgehead atoms. The van der Waals surface area contributed by atoms with Crippen LogP contribution >= 0.6 is 0 Å². The van der Waals surface area contributed by atoms with E-state index in [1.807, 2.05) is 18.2 Å². The van der Waals surface area contributed by atoms with E-state index in [9.17, 15) is 8.78 Å². The van der Waals surface area contributed by atoms with E-state index in [2.05, 4.69) is 5.32 Å². The summed E-state index contributed by atoms with van der Waals surface area (Å²) in [5.74, 6) is -0.00978. The molecule has 0 aliphatic heterocycles. The van der Waals surface area contributed by atoms with Crippen LogP contribution in [-0.2, 0) is 6.54 Å². The van der Waals surface area contributed by atoms with Gasteiger partial charge in [0.1, 0.15) is 11.6 Å². The Kier molecular flexibility index (Phi) is 3.79. The number of hydrogen-bond acceptors (Lipinski definition) is 1. The molecule has 0 amide bonds. The molecule has 3 rings (SSSR count). The maximum atomic E-state index is 13.6. The molecule has 0 aromatic heterocycles. The van der Waals surface area contributed by atoms with Gasteiger partial charge in [0.2, 0.25) is 0 Å². The van der Waals surface area contributed by atoms with Crippen LogP contribution in [0, 0.1) is 11.6 Å². The molecule has 0 radical (unpaired) electrons. The van der Waals surface area contributed by atoms with E-state index in [4.69, 9.17) is 0 Å². The fraction of sp³-hybridized carbons (Fsp3) is 0.294. The van der Waals surface area contributed by atoms with E-state index < -0.39 is 0 Å². The van der Waals surface area contributed by atoms with Gasteiger partial charge in [-0.25, -0.2) is 8.78 Å². The smallest absolute Gasteiger partial charge is 0.126 e. The molecule has 2 aromatic rings. The summed E-state index contributed by atoms with van der Waals surface area (Å²) in [6.07, 6.45) is 1.88. The maximum absolute atomic E-state index is 13.6. The lowest BCUT2D eigenvalue weighted by Crippen LogP contribution is -2.39. The lowest BCUT2D eigenvalue weighted by molar-refractivity contribution is 0.284. The minimum atomic E-state index is -0.206. The highest BCUT2D eigenvalue weighted by molar-refractivity contribution is 5.25. The molecule has 0 heterocycles. The molecule has 1 aliphatic rings. The Labute approximate surface area is 117 Å². The maximum Gasteiger partial charge on any atom is 0.126 e. The topological polar surface area (TPSA) is 12.0 Å². The van der Waals surface area contributed by atoms with E-state index in [0.29, 0.717) is 18.5 Å². The second-order valence-electron chi connectivity index (χ2n) is 5.40. The van der Waals surface area contributed by atoms with E-state index in [-0.39, 0.29) is 11.6 Å². The summed E-state index contributed by atoms with van der Waals surface area (Å²) < 4.78 is 26.7. The van der Waals surface area contributed by atoms with Gasteiger partial charge in [-0.15, -0.1) is 0 Å². The largest absolute Gasteiger partial charge is 0.310 e. The molecule has 1 saturated carbocycles. The van der Waals surface area contributed by atoms with Crippen molar-refractivity contribution in [3.63, 3.8) is 0 Å². The van der Waals surface area contributed by atoms with Gasteiger partial charge in [-0.1, -0.05) is 30.3 Å². The molecule has 104 valence electrons. The summed E-state index contributed by atoms with van der Waals surface area (Å²) in [7, 11) is 0. The minimum Gasteiger partial charge on any atom is -0.310 e. The van der Waals surface area contributed by atoms with Crippen LogP contribution in [0.5, 0.6) is 0 Å². The van der Waals surface area contributed by atoms with Gasteiger partial charge >= 0.3 is 0 Å².